The van der Waals surface area contributed by atoms with Gasteiger partial charge in [-0.1, -0.05) is 64.7 Å². The maximum atomic E-state index is 14.9. The minimum atomic E-state index is -2.10. The zero-order chi connectivity index (χ0) is 34.3. The quantitative estimate of drug-likeness (QED) is 0.153. The van der Waals surface area contributed by atoms with E-state index in [0.29, 0.717) is 25.1 Å². The summed E-state index contributed by atoms with van der Waals surface area (Å²) in [4.78, 5) is 29.3. The Morgan fingerprint density at radius 2 is 1.90 bits per heavy atom. The lowest BCUT2D eigenvalue weighted by Gasteiger charge is -2.62. The number of carbonyl (C=O) groups is 2. The highest BCUT2D eigenvalue weighted by Gasteiger charge is 2.71. The molecule has 270 valence electrons. The largest absolute Gasteiger partial charge is 0.511 e. The number of aliphatic hydroxyl groups is 5. The fraction of sp³-hybridized carbons (Fsp3) is 0.778. The van der Waals surface area contributed by atoms with Gasteiger partial charge in [0.2, 0.25) is 0 Å². The number of hydrogen-bond acceptors (Lipinski definition) is 12. The molecule has 3 saturated carbocycles. The number of rotatable bonds is 1. The van der Waals surface area contributed by atoms with Gasteiger partial charge in [-0.05, 0) is 50.0 Å². The van der Waals surface area contributed by atoms with Crippen molar-refractivity contribution in [3.63, 3.8) is 0 Å². The fourth-order valence-corrected chi connectivity index (χ4v) is 13.8. The molecule has 3 saturated heterocycles. The number of aliphatic hydroxyl groups excluding tert-OH is 4. The zero-order valence-corrected chi connectivity index (χ0v) is 29.7. The average molecular weight is 720 g/mol. The normalized spacial score (nSPS) is 49.5. The van der Waals surface area contributed by atoms with E-state index in [4.69, 9.17) is 9.47 Å². The minimum absolute atomic E-state index is 0.0908. The highest BCUT2D eigenvalue weighted by atomic mass is 33.1. The molecule has 6 fully saturated rings. The summed E-state index contributed by atoms with van der Waals surface area (Å²) in [5.41, 5.74) is -4.93. The van der Waals surface area contributed by atoms with Crippen molar-refractivity contribution in [3.05, 3.63) is 35.6 Å². The van der Waals surface area contributed by atoms with Crippen molar-refractivity contribution in [3.8, 4) is 0 Å². The van der Waals surface area contributed by atoms with Crippen LogP contribution in [0.2, 0.25) is 0 Å². The highest BCUT2D eigenvalue weighted by molar-refractivity contribution is 8.76. The van der Waals surface area contributed by atoms with Gasteiger partial charge in [-0.15, -0.1) is 0 Å². The van der Waals surface area contributed by atoms with E-state index in [1.54, 1.807) is 22.9 Å². The third-order valence-corrected chi connectivity index (χ3v) is 16.1. The Morgan fingerprint density at radius 1 is 1.10 bits per heavy atom. The molecule has 49 heavy (non-hydrogen) atoms. The van der Waals surface area contributed by atoms with Gasteiger partial charge < -0.3 is 40.3 Å². The van der Waals surface area contributed by atoms with Crippen molar-refractivity contribution < 1.29 is 49.9 Å². The third-order valence-electron chi connectivity index (χ3n) is 13.9. The Labute approximate surface area is 295 Å². The second-order valence-corrected chi connectivity index (χ2v) is 18.5. The molecule has 13 heteroatoms. The van der Waals surface area contributed by atoms with Gasteiger partial charge in [-0.2, -0.15) is 0 Å². The molecule has 7 bridgehead atoms. The topological polar surface area (TPSA) is 182 Å². The summed E-state index contributed by atoms with van der Waals surface area (Å²) in [5, 5.41) is 65.2. The predicted molar refractivity (Wildman–Crippen MR) is 183 cm³/mol. The van der Waals surface area contributed by atoms with Crippen LogP contribution in [0.4, 0.5) is 0 Å². The Balaban J connectivity index is 1.23. The van der Waals surface area contributed by atoms with Crippen LogP contribution >= 0.6 is 21.6 Å². The molecule has 5 unspecified atom stereocenters. The molecule has 5 aliphatic carbocycles. The molecule has 8 rings (SSSR count). The fourth-order valence-electron chi connectivity index (χ4n) is 11.5. The minimum Gasteiger partial charge on any atom is -0.511 e. The van der Waals surface area contributed by atoms with Crippen LogP contribution in [0.1, 0.15) is 64.7 Å². The van der Waals surface area contributed by atoms with Crippen LogP contribution in [0, 0.1) is 40.4 Å². The molecule has 8 aliphatic rings. The van der Waals surface area contributed by atoms with Gasteiger partial charge in [0.25, 0.3) is 0 Å². The SMILES string of the molecule is CC1=C[C@H]2C(=O)C3CCCC4O[C@@H]5O[C@]6(CO)C=C[C@@H](C7(CCCC7)C7CC[NH2+]C(C7)NCSSC[C@@]2(C(=O)C43)C(O)=C1)[C@@](O)([C@H]5O)[C@@H]6O. The smallest absolute Gasteiger partial charge is 0.188 e. The summed E-state index contributed by atoms with van der Waals surface area (Å²) in [5.74, 6) is -2.35. The lowest BCUT2D eigenvalue weighted by atomic mass is 9.52. The second-order valence-electron chi connectivity index (χ2n) is 16.1. The van der Waals surface area contributed by atoms with Gasteiger partial charge in [0, 0.05) is 30.4 Å². The predicted octanol–water partition coefficient (Wildman–Crippen LogP) is 1.47. The van der Waals surface area contributed by atoms with Gasteiger partial charge in [-0.3, -0.25) is 14.9 Å². The second kappa shape index (κ2) is 12.7. The summed E-state index contributed by atoms with van der Waals surface area (Å²) in [7, 11) is 3.08. The molecule has 3 aliphatic heterocycles. The van der Waals surface area contributed by atoms with E-state index in [-0.39, 0.29) is 35.2 Å². The molecule has 13 atom stereocenters. The van der Waals surface area contributed by atoms with E-state index >= 15 is 0 Å². The molecular formula is C36H51N2O9S2+. The van der Waals surface area contributed by atoms with Gasteiger partial charge in [-0.25, -0.2) is 0 Å². The third kappa shape index (κ3) is 5.00. The standard InChI is InChI=1S/C36H50N2O9S2/c1-19-13-22-28(41)21-5-4-6-23-27(21)29(42)35(22,25(40)14-19)17-48-49-18-38-26-15-20(8-12-37-26)33(9-2-3-10-33)24-7-11-34(16-39)32(44)36(24,45)30(43)31(46-23)47-34/h7,11,13-14,20-24,26-27,30-32,37-40,43-45H,2-6,8-10,12,15-18H2,1H3/p+1/t20?,21?,22-,23?,24-,26?,27?,30-,31+,32+,34-,35-,36+/m0/s1. The number of piperidine rings is 1. The number of nitrogens with one attached hydrogen (secondary N) is 1. The van der Waals surface area contributed by atoms with E-state index in [2.05, 4.69) is 10.6 Å². The Bertz CT molecular complexity index is 1450. The van der Waals surface area contributed by atoms with Crippen molar-refractivity contribution in [2.24, 2.45) is 40.4 Å². The molecule has 0 aromatic rings. The lowest BCUT2D eigenvalue weighted by Crippen LogP contribution is -2.95. The first-order valence-electron chi connectivity index (χ1n) is 18.2. The van der Waals surface area contributed by atoms with Crippen LogP contribution < -0.4 is 10.6 Å². The average Bonchev–Trinajstić information content (AvgIpc) is 3.59. The number of allylic oxidation sites excluding steroid dienone is 4. The molecular weight excluding hydrogens is 669 g/mol. The number of quaternary nitrogens is 1. The first-order chi connectivity index (χ1) is 23.5. The van der Waals surface area contributed by atoms with Crippen LogP contribution in [0.5, 0.6) is 0 Å². The number of Topliss-reactive ketones (excluding diaryl/α,β-unsaturated/α-hetero) is 2. The monoisotopic (exact) mass is 719 g/mol. The van der Waals surface area contributed by atoms with E-state index < -0.39 is 76.9 Å². The number of nitrogens with two attached hydrogens (primary N) is 1. The molecule has 3 heterocycles. The van der Waals surface area contributed by atoms with Gasteiger partial charge in [0.05, 0.1) is 37.0 Å². The summed E-state index contributed by atoms with van der Waals surface area (Å²) in [6, 6.07) is 0. The molecule has 8 N–H and O–H groups in total. The van der Waals surface area contributed by atoms with E-state index in [1.807, 2.05) is 19.1 Å². The van der Waals surface area contributed by atoms with E-state index in [0.717, 1.165) is 50.6 Å². The molecule has 0 aromatic carbocycles. The Morgan fingerprint density at radius 3 is 2.67 bits per heavy atom. The Kier molecular flexibility index (Phi) is 9.02. The van der Waals surface area contributed by atoms with Crippen molar-refractivity contribution in [2.75, 3.05) is 24.8 Å². The van der Waals surface area contributed by atoms with Gasteiger partial charge >= 0.3 is 0 Å². The number of ether oxygens (including phenoxy) is 2. The van der Waals surface area contributed by atoms with Crippen molar-refractivity contribution in [2.45, 2.75) is 107 Å². The van der Waals surface area contributed by atoms with E-state index in [9.17, 15) is 35.1 Å². The maximum Gasteiger partial charge on any atom is 0.188 e. The molecule has 0 aromatic heterocycles. The van der Waals surface area contributed by atoms with Crippen LogP contribution in [0.3, 0.4) is 0 Å². The summed E-state index contributed by atoms with van der Waals surface area (Å²) in [6.07, 6.45) is 8.39. The van der Waals surface area contributed by atoms with Crippen LogP contribution in [0.25, 0.3) is 0 Å². The van der Waals surface area contributed by atoms with Crippen LogP contribution in [-0.4, -0.2) is 104 Å². The highest BCUT2D eigenvalue weighted by Crippen LogP contribution is 2.61. The van der Waals surface area contributed by atoms with Crippen LogP contribution in [0.15, 0.2) is 35.6 Å². The van der Waals surface area contributed by atoms with Crippen molar-refractivity contribution >= 4 is 33.2 Å². The molecule has 11 nitrogen and oxygen atoms in total. The zero-order valence-electron chi connectivity index (χ0n) is 28.0. The van der Waals surface area contributed by atoms with E-state index in [1.165, 1.54) is 10.8 Å². The molecule has 0 radical (unpaired) electrons. The van der Waals surface area contributed by atoms with Crippen LogP contribution in [-0.2, 0) is 19.1 Å². The molecule has 2 spiro atoms. The summed E-state index contributed by atoms with van der Waals surface area (Å²) >= 11 is 0. The van der Waals surface area contributed by atoms with Gasteiger partial charge in [0.15, 0.2) is 12.1 Å². The number of hydrogen-bond donors (Lipinski definition) is 7. The maximum absolute atomic E-state index is 14.9. The van der Waals surface area contributed by atoms with Crippen molar-refractivity contribution in [1.29, 1.82) is 0 Å². The number of carbonyl (C=O) groups excluding carboxylic acids is 2. The number of ketones is 2. The first kappa shape index (κ1) is 34.8. The van der Waals surface area contributed by atoms with Crippen molar-refractivity contribution in [1.82, 2.24) is 5.32 Å². The summed E-state index contributed by atoms with van der Waals surface area (Å²) in [6.45, 7) is 2.07. The van der Waals surface area contributed by atoms with Gasteiger partial charge in [0.1, 0.15) is 46.5 Å². The molecule has 0 amide bonds. The lowest BCUT2D eigenvalue weighted by molar-refractivity contribution is -0.705. The number of fused-ring (bicyclic) bond motifs is 6. The first-order valence-corrected chi connectivity index (χ1v) is 20.7. The Hall–Kier alpha value is -1.26. The summed E-state index contributed by atoms with van der Waals surface area (Å²) < 4.78 is 12.9.